The highest BCUT2D eigenvalue weighted by atomic mass is 16.4. The van der Waals surface area contributed by atoms with Gasteiger partial charge >= 0.3 is 7.12 Å². The third-order valence-corrected chi connectivity index (χ3v) is 1.98. The lowest BCUT2D eigenvalue weighted by Crippen LogP contribution is -2.30. The predicted molar refractivity (Wildman–Crippen MR) is 55.6 cm³/mol. The van der Waals surface area contributed by atoms with Gasteiger partial charge in [0.2, 0.25) is 0 Å². The first kappa shape index (κ1) is 10.8. The van der Waals surface area contributed by atoms with Gasteiger partial charge in [0.05, 0.1) is 6.54 Å². The van der Waals surface area contributed by atoms with Crippen LogP contribution in [0.1, 0.15) is 0 Å². The van der Waals surface area contributed by atoms with Gasteiger partial charge in [-0.15, -0.1) is 0 Å². The number of nitrogens with zero attached hydrogens (tertiary/aromatic N) is 1. The molecule has 0 aliphatic heterocycles. The van der Waals surface area contributed by atoms with Crippen LogP contribution in [0.3, 0.4) is 0 Å². The molecule has 0 heterocycles. The van der Waals surface area contributed by atoms with Gasteiger partial charge in [-0.2, -0.15) is 0 Å². The van der Waals surface area contributed by atoms with Gasteiger partial charge in [-0.25, -0.2) is 0 Å². The molecule has 14 heavy (non-hydrogen) atoms. The van der Waals surface area contributed by atoms with E-state index in [2.05, 4.69) is 0 Å². The lowest BCUT2D eigenvalue weighted by molar-refractivity contribution is -0.106. The fraction of sp³-hybridized carbons (Fsp3) is 0.222. The number of hydrogen-bond acceptors (Lipinski definition) is 4. The zero-order valence-electron chi connectivity index (χ0n) is 7.92. The molecular formula is C9H12BNO3. The maximum Gasteiger partial charge on any atom is 0.488 e. The van der Waals surface area contributed by atoms with Crippen LogP contribution in [0.4, 0.5) is 5.69 Å². The Hall–Kier alpha value is -1.33. The lowest BCUT2D eigenvalue weighted by Gasteiger charge is -2.15. The summed E-state index contributed by atoms with van der Waals surface area (Å²) in [5, 5.41) is 17.7. The minimum atomic E-state index is -1.44. The van der Waals surface area contributed by atoms with Crippen molar-refractivity contribution in [1.29, 1.82) is 0 Å². The summed E-state index contributed by atoms with van der Waals surface area (Å²) in [6.07, 6.45) is 0.814. The van der Waals surface area contributed by atoms with Gasteiger partial charge in [-0.3, -0.25) is 0 Å². The standard InChI is InChI=1S/C9H12BNO3/c1-11(6-7-12)9-4-2-8(3-5-9)10(13)14/h2-5,7,13-14H,6H2,1H3. The largest absolute Gasteiger partial charge is 0.488 e. The first-order valence-electron chi connectivity index (χ1n) is 4.26. The molecular weight excluding hydrogens is 181 g/mol. The van der Waals surface area contributed by atoms with Gasteiger partial charge in [0.15, 0.2) is 0 Å². The molecule has 0 spiro atoms. The molecule has 4 nitrogen and oxygen atoms in total. The quantitative estimate of drug-likeness (QED) is 0.475. The molecule has 0 aromatic heterocycles. The molecule has 0 aliphatic rings. The Bertz CT molecular complexity index is 299. The highest BCUT2D eigenvalue weighted by Gasteiger charge is 2.10. The number of carbonyl (C=O) groups is 1. The van der Waals surface area contributed by atoms with E-state index < -0.39 is 7.12 Å². The summed E-state index contributed by atoms with van der Waals surface area (Å²) in [7, 11) is 0.346. The minimum Gasteiger partial charge on any atom is -0.423 e. The SMILES string of the molecule is CN(CC=O)c1ccc(B(O)O)cc1. The summed E-state index contributed by atoms with van der Waals surface area (Å²) in [6.45, 7) is 0.320. The monoisotopic (exact) mass is 193 g/mol. The minimum absolute atomic E-state index is 0.320. The van der Waals surface area contributed by atoms with Crippen molar-refractivity contribution >= 4 is 24.6 Å². The van der Waals surface area contributed by atoms with E-state index in [1.165, 1.54) is 0 Å². The Kier molecular flexibility index (Phi) is 3.68. The molecule has 0 atom stereocenters. The number of rotatable bonds is 4. The van der Waals surface area contributed by atoms with Gasteiger partial charge in [-0.1, -0.05) is 12.1 Å². The summed E-state index contributed by atoms with van der Waals surface area (Å²) in [6, 6.07) is 6.69. The lowest BCUT2D eigenvalue weighted by atomic mass is 9.80. The van der Waals surface area contributed by atoms with Gasteiger partial charge in [0.1, 0.15) is 6.29 Å². The molecule has 1 aromatic rings. The fourth-order valence-corrected chi connectivity index (χ4v) is 1.12. The van der Waals surface area contributed by atoms with Gasteiger partial charge in [0, 0.05) is 12.7 Å². The summed E-state index contributed by atoms with van der Waals surface area (Å²) in [5.74, 6) is 0. The van der Waals surface area contributed by atoms with Gasteiger partial charge in [0.25, 0.3) is 0 Å². The Morgan fingerprint density at radius 1 is 1.36 bits per heavy atom. The van der Waals surface area contributed by atoms with Crippen molar-refractivity contribution in [2.24, 2.45) is 0 Å². The van der Waals surface area contributed by atoms with Crippen LogP contribution in [-0.4, -0.2) is 37.0 Å². The second-order valence-electron chi connectivity index (χ2n) is 3.01. The van der Waals surface area contributed by atoms with Crippen molar-refractivity contribution < 1.29 is 14.8 Å². The number of benzene rings is 1. The fourth-order valence-electron chi connectivity index (χ4n) is 1.12. The number of anilines is 1. The van der Waals surface area contributed by atoms with E-state index >= 15 is 0 Å². The molecule has 5 heteroatoms. The molecule has 0 bridgehead atoms. The zero-order valence-corrected chi connectivity index (χ0v) is 7.92. The van der Waals surface area contributed by atoms with Crippen LogP contribution in [0.25, 0.3) is 0 Å². The van der Waals surface area contributed by atoms with Gasteiger partial charge in [-0.05, 0) is 17.6 Å². The molecule has 0 saturated carbocycles. The van der Waals surface area contributed by atoms with E-state index in [0.717, 1.165) is 12.0 Å². The van der Waals surface area contributed by atoms with E-state index in [-0.39, 0.29) is 0 Å². The van der Waals surface area contributed by atoms with Crippen LogP contribution in [0.2, 0.25) is 0 Å². The molecule has 0 unspecified atom stereocenters. The normalized spacial score (nSPS) is 9.64. The number of hydrogen-bond donors (Lipinski definition) is 2. The Balaban J connectivity index is 2.77. The molecule has 1 rings (SSSR count). The molecule has 0 radical (unpaired) electrons. The topological polar surface area (TPSA) is 60.8 Å². The number of likely N-dealkylation sites (N-methyl/N-ethyl adjacent to an activating group) is 1. The average molecular weight is 193 g/mol. The summed E-state index contributed by atoms with van der Waals surface area (Å²) in [5.41, 5.74) is 1.30. The van der Waals surface area contributed by atoms with E-state index in [9.17, 15) is 4.79 Å². The third-order valence-electron chi connectivity index (χ3n) is 1.98. The molecule has 2 N–H and O–H groups in total. The Morgan fingerprint density at radius 3 is 2.36 bits per heavy atom. The molecule has 0 amide bonds. The van der Waals surface area contributed by atoms with Crippen LogP contribution < -0.4 is 10.4 Å². The van der Waals surface area contributed by atoms with Crippen molar-refractivity contribution in [3.05, 3.63) is 24.3 Å². The number of carbonyl (C=O) groups excluding carboxylic acids is 1. The summed E-state index contributed by atoms with van der Waals surface area (Å²) in [4.78, 5) is 12.0. The third kappa shape index (κ3) is 2.58. The molecule has 0 saturated heterocycles. The first-order valence-corrected chi connectivity index (χ1v) is 4.26. The highest BCUT2D eigenvalue weighted by Crippen LogP contribution is 2.08. The van der Waals surface area contributed by atoms with E-state index in [4.69, 9.17) is 10.0 Å². The molecule has 74 valence electrons. The van der Waals surface area contributed by atoms with Crippen LogP contribution in [-0.2, 0) is 4.79 Å². The highest BCUT2D eigenvalue weighted by molar-refractivity contribution is 6.58. The Labute approximate surface area is 82.9 Å². The van der Waals surface area contributed by atoms with Crippen molar-refractivity contribution in [2.45, 2.75) is 0 Å². The van der Waals surface area contributed by atoms with Crippen molar-refractivity contribution in [1.82, 2.24) is 0 Å². The summed E-state index contributed by atoms with van der Waals surface area (Å²) < 4.78 is 0. The number of aldehydes is 1. The van der Waals surface area contributed by atoms with Crippen LogP contribution in [0, 0.1) is 0 Å². The summed E-state index contributed by atoms with van der Waals surface area (Å²) >= 11 is 0. The van der Waals surface area contributed by atoms with E-state index in [1.807, 2.05) is 0 Å². The first-order chi connectivity index (χ1) is 6.65. The second kappa shape index (κ2) is 4.78. The van der Waals surface area contributed by atoms with Crippen LogP contribution in [0.5, 0.6) is 0 Å². The average Bonchev–Trinajstić information content (AvgIpc) is 2.18. The van der Waals surface area contributed by atoms with Crippen molar-refractivity contribution in [2.75, 3.05) is 18.5 Å². The van der Waals surface area contributed by atoms with Crippen LogP contribution in [0.15, 0.2) is 24.3 Å². The smallest absolute Gasteiger partial charge is 0.423 e. The van der Waals surface area contributed by atoms with Crippen molar-refractivity contribution in [3.8, 4) is 0 Å². The zero-order chi connectivity index (χ0) is 10.6. The van der Waals surface area contributed by atoms with E-state index in [1.54, 1.807) is 36.2 Å². The Morgan fingerprint density at radius 2 is 1.93 bits per heavy atom. The van der Waals surface area contributed by atoms with E-state index in [0.29, 0.717) is 12.0 Å². The van der Waals surface area contributed by atoms with Gasteiger partial charge < -0.3 is 19.7 Å². The molecule has 0 aliphatic carbocycles. The second-order valence-corrected chi connectivity index (χ2v) is 3.01. The van der Waals surface area contributed by atoms with Crippen molar-refractivity contribution in [3.63, 3.8) is 0 Å². The maximum absolute atomic E-state index is 10.2. The molecule has 0 fully saturated rings. The maximum atomic E-state index is 10.2. The molecule has 1 aromatic carbocycles. The van der Waals surface area contributed by atoms with Crippen LogP contribution >= 0.6 is 0 Å². The predicted octanol–water partition coefficient (Wildman–Crippen LogP) is -0.999.